The number of nitrogens with one attached hydrogen (secondary N) is 1. The molecule has 1 aliphatic heterocycles. The Hall–Kier alpha value is -2.28. The number of hydrogen-bond acceptors (Lipinski definition) is 5. The fraction of sp³-hybridized carbons (Fsp3) is 0.458. The third-order valence-corrected chi connectivity index (χ3v) is 6.12. The highest BCUT2D eigenvalue weighted by Crippen LogP contribution is 2.30. The van der Waals surface area contributed by atoms with Gasteiger partial charge >= 0.3 is 0 Å². The first kappa shape index (κ1) is 21.9. The van der Waals surface area contributed by atoms with E-state index in [1.807, 2.05) is 48.5 Å². The fourth-order valence-corrected chi connectivity index (χ4v) is 4.03. The maximum Gasteiger partial charge on any atom is 0.227 e. The second kappa shape index (κ2) is 10.4. The van der Waals surface area contributed by atoms with Crippen molar-refractivity contribution < 1.29 is 19.4 Å². The van der Waals surface area contributed by atoms with E-state index < -0.39 is 6.10 Å². The molecule has 1 saturated carbocycles. The molecule has 1 aliphatic carbocycles. The Labute approximate surface area is 188 Å². The Morgan fingerprint density at radius 1 is 1.16 bits per heavy atom. The van der Waals surface area contributed by atoms with Crippen LogP contribution in [-0.4, -0.2) is 54.4 Å². The number of β-amino-alcohol motifs (C(OH)–C–C–N with tert-alkyl or cyclic N) is 1. The number of carbonyl (C=O) groups is 1. The molecule has 1 saturated heterocycles. The largest absolute Gasteiger partial charge is 0.489 e. The lowest BCUT2D eigenvalue weighted by molar-refractivity contribution is -0.122. The number of aliphatic hydroxyl groups is 1. The van der Waals surface area contributed by atoms with Crippen LogP contribution < -0.4 is 14.8 Å². The highest BCUT2D eigenvalue weighted by Gasteiger charge is 2.27. The van der Waals surface area contributed by atoms with Gasteiger partial charge in [-0.25, -0.2) is 0 Å². The molecule has 2 N–H and O–H groups in total. The molecule has 2 atom stereocenters. The SMILES string of the molecule is O=C(Nc1ccccc1OCC(O)CN1CCC(Oc2ccc(Cl)cc2)C1)C1CCC1. The predicted molar refractivity (Wildman–Crippen MR) is 121 cm³/mol. The first-order valence-corrected chi connectivity index (χ1v) is 11.3. The molecular formula is C24H29ClN2O4. The summed E-state index contributed by atoms with van der Waals surface area (Å²) in [7, 11) is 0. The predicted octanol–water partition coefficient (Wildman–Crippen LogP) is 3.97. The minimum absolute atomic E-state index is 0.0478. The minimum Gasteiger partial charge on any atom is -0.489 e. The van der Waals surface area contributed by atoms with Crippen molar-refractivity contribution in [3.63, 3.8) is 0 Å². The van der Waals surface area contributed by atoms with Crippen molar-refractivity contribution in [2.24, 2.45) is 5.92 Å². The maximum absolute atomic E-state index is 12.3. The summed E-state index contributed by atoms with van der Waals surface area (Å²) in [5, 5.41) is 14.1. The number of nitrogens with zero attached hydrogens (tertiary/aromatic N) is 1. The van der Waals surface area contributed by atoms with Crippen molar-refractivity contribution in [1.29, 1.82) is 0 Å². The van der Waals surface area contributed by atoms with Crippen LogP contribution in [0.5, 0.6) is 11.5 Å². The van der Waals surface area contributed by atoms with Crippen LogP contribution in [0.15, 0.2) is 48.5 Å². The third-order valence-electron chi connectivity index (χ3n) is 5.87. The standard InChI is InChI=1S/C24H29ClN2O4/c25-18-8-10-20(11-9-18)31-21-12-13-27(15-21)14-19(28)16-30-23-7-2-1-6-22(23)26-24(29)17-4-3-5-17/h1-2,6-11,17,19,21,28H,3-5,12-16H2,(H,26,29). The minimum atomic E-state index is -0.635. The molecule has 0 aromatic heterocycles. The highest BCUT2D eigenvalue weighted by atomic mass is 35.5. The van der Waals surface area contributed by atoms with Crippen LogP contribution in [0.1, 0.15) is 25.7 Å². The van der Waals surface area contributed by atoms with E-state index in [-0.39, 0.29) is 24.5 Å². The van der Waals surface area contributed by atoms with Crippen LogP contribution >= 0.6 is 11.6 Å². The molecule has 0 bridgehead atoms. The summed E-state index contributed by atoms with van der Waals surface area (Å²) in [6, 6.07) is 14.7. The van der Waals surface area contributed by atoms with Crippen LogP contribution in [0.2, 0.25) is 5.02 Å². The van der Waals surface area contributed by atoms with Gasteiger partial charge in [-0.3, -0.25) is 9.69 Å². The van der Waals surface area contributed by atoms with Crippen LogP contribution in [0.25, 0.3) is 0 Å². The van der Waals surface area contributed by atoms with Gasteiger partial charge in [0.15, 0.2) is 0 Å². The number of rotatable bonds is 9. The summed E-state index contributed by atoms with van der Waals surface area (Å²) >= 11 is 5.92. The zero-order chi connectivity index (χ0) is 21.6. The number of likely N-dealkylation sites (tertiary alicyclic amines) is 1. The summed E-state index contributed by atoms with van der Waals surface area (Å²) in [5.41, 5.74) is 0.657. The van der Waals surface area contributed by atoms with Crippen molar-refractivity contribution in [3.8, 4) is 11.5 Å². The molecule has 2 unspecified atom stereocenters. The Balaban J connectivity index is 1.22. The maximum atomic E-state index is 12.3. The summed E-state index contributed by atoms with van der Waals surface area (Å²) in [4.78, 5) is 14.4. The molecule has 0 radical (unpaired) electrons. The van der Waals surface area contributed by atoms with Gasteiger partial charge in [0.25, 0.3) is 0 Å². The van der Waals surface area contributed by atoms with Gasteiger partial charge in [-0.05, 0) is 55.7 Å². The lowest BCUT2D eigenvalue weighted by atomic mass is 9.85. The van der Waals surface area contributed by atoms with Crippen LogP contribution in [-0.2, 0) is 4.79 Å². The number of aliphatic hydroxyl groups excluding tert-OH is 1. The molecule has 2 aromatic carbocycles. The lowest BCUT2D eigenvalue weighted by Gasteiger charge is -2.25. The number of amides is 1. The van der Waals surface area contributed by atoms with Gasteiger partial charge in [0.05, 0.1) is 5.69 Å². The van der Waals surface area contributed by atoms with Crippen molar-refractivity contribution in [3.05, 3.63) is 53.6 Å². The topological polar surface area (TPSA) is 71.0 Å². The molecule has 1 amide bonds. The van der Waals surface area contributed by atoms with Crippen molar-refractivity contribution in [2.45, 2.75) is 37.9 Å². The van der Waals surface area contributed by atoms with Crippen molar-refractivity contribution >= 4 is 23.2 Å². The number of ether oxygens (including phenoxy) is 2. The molecular weight excluding hydrogens is 416 g/mol. The van der Waals surface area contributed by atoms with E-state index in [0.29, 0.717) is 23.0 Å². The average molecular weight is 445 g/mol. The molecule has 4 rings (SSSR count). The van der Waals surface area contributed by atoms with E-state index >= 15 is 0 Å². The van der Waals surface area contributed by atoms with E-state index in [1.165, 1.54) is 0 Å². The Bertz CT molecular complexity index is 872. The molecule has 2 aliphatic rings. The van der Waals surface area contributed by atoms with Crippen molar-refractivity contribution in [1.82, 2.24) is 4.90 Å². The Kier molecular flexibility index (Phi) is 7.33. The van der Waals surface area contributed by atoms with E-state index in [9.17, 15) is 9.90 Å². The molecule has 1 heterocycles. The molecule has 31 heavy (non-hydrogen) atoms. The molecule has 7 heteroatoms. The summed E-state index contributed by atoms with van der Waals surface area (Å²) in [6.45, 7) is 2.30. The van der Waals surface area contributed by atoms with Crippen LogP contribution in [0.4, 0.5) is 5.69 Å². The zero-order valence-corrected chi connectivity index (χ0v) is 18.3. The summed E-state index contributed by atoms with van der Waals surface area (Å²) < 4.78 is 11.8. The fourth-order valence-electron chi connectivity index (χ4n) is 3.90. The molecule has 2 fully saturated rings. The van der Waals surface area contributed by atoms with Crippen LogP contribution in [0.3, 0.4) is 0 Å². The number of anilines is 1. The van der Waals surface area contributed by atoms with Gasteiger partial charge in [-0.1, -0.05) is 30.2 Å². The number of para-hydroxylation sites is 2. The second-order valence-corrected chi connectivity index (χ2v) is 8.76. The monoisotopic (exact) mass is 444 g/mol. The van der Waals surface area contributed by atoms with E-state index in [0.717, 1.165) is 44.5 Å². The Morgan fingerprint density at radius 3 is 2.68 bits per heavy atom. The Morgan fingerprint density at radius 2 is 1.94 bits per heavy atom. The molecule has 166 valence electrons. The van der Waals surface area contributed by atoms with Gasteiger partial charge < -0.3 is 19.9 Å². The molecule has 0 spiro atoms. The van der Waals surface area contributed by atoms with Gasteiger partial charge in [-0.15, -0.1) is 0 Å². The zero-order valence-electron chi connectivity index (χ0n) is 17.5. The smallest absolute Gasteiger partial charge is 0.227 e. The van der Waals surface area contributed by atoms with Crippen LogP contribution in [0, 0.1) is 5.92 Å². The van der Waals surface area contributed by atoms with E-state index in [2.05, 4.69) is 10.2 Å². The normalized spacial score (nSPS) is 20.1. The van der Waals surface area contributed by atoms with Gasteiger partial charge in [0, 0.05) is 30.6 Å². The quantitative estimate of drug-likeness (QED) is 0.612. The van der Waals surface area contributed by atoms with E-state index in [1.54, 1.807) is 0 Å². The lowest BCUT2D eigenvalue weighted by Crippen LogP contribution is -2.35. The first-order chi connectivity index (χ1) is 15.1. The van der Waals surface area contributed by atoms with E-state index in [4.69, 9.17) is 21.1 Å². The third kappa shape index (κ3) is 6.12. The number of benzene rings is 2. The first-order valence-electron chi connectivity index (χ1n) is 10.9. The summed E-state index contributed by atoms with van der Waals surface area (Å²) in [6.07, 6.45) is 3.39. The average Bonchev–Trinajstić information content (AvgIpc) is 3.14. The van der Waals surface area contributed by atoms with Gasteiger partial charge in [-0.2, -0.15) is 0 Å². The van der Waals surface area contributed by atoms with Crippen molar-refractivity contribution in [2.75, 3.05) is 31.6 Å². The highest BCUT2D eigenvalue weighted by molar-refractivity contribution is 6.30. The number of carbonyl (C=O) groups excluding carboxylic acids is 1. The number of hydrogen-bond donors (Lipinski definition) is 2. The van der Waals surface area contributed by atoms with Gasteiger partial charge in [0.2, 0.25) is 5.91 Å². The molecule has 2 aromatic rings. The van der Waals surface area contributed by atoms with Gasteiger partial charge in [0.1, 0.15) is 30.3 Å². The summed E-state index contributed by atoms with van der Waals surface area (Å²) in [5.74, 6) is 1.55. The number of halogens is 1. The molecule has 6 nitrogen and oxygen atoms in total. The second-order valence-electron chi connectivity index (χ2n) is 8.32.